The molecule has 0 unspecified atom stereocenters. The molecule has 5 nitrogen and oxygen atoms in total. The Hall–Kier alpha value is -1.24. The Morgan fingerprint density at radius 2 is 2.21 bits per heavy atom. The molecule has 1 aliphatic rings. The van der Waals surface area contributed by atoms with Crippen molar-refractivity contribution in [3.8, 4) is 0 Å². The van der Waals surface area contributed by atoms with Gasteiger partial charge in [0.05, 0.1) is 12.6 Å². The summed E-state index contributed by atoms with van der Waals surface area (Å²) in [6, 6.07) is 9.43. The summed E-state index contributed by atoms with van der Waals surface area (Å²) < 4.78 is 7.96. The Balaban J connectivity index is 1.81. The molecule has 1 saturated heterocycles. The maximum atomic E-state index is 11.9. The average molecular weight is 282 g/mol. The van der Waals surface area contributed by atoms with Crippen LogP contribution in [0, 0.1) is 0 Å². The lowest BCUT2D eigenvalue weighted by molar-refractivity contribution is 0.0332. The van der Waals surface area contributed by atoms with Crippen LogP contribution in [0.2, 0.25) is 0 Å². The number of hydrogen-bond donors (Lipinski definition) is 3. The summed E-state index contributed by atoms with van der Waals surface area (Å²) in [6.07, 6.45) is -0.346. The average Bonchev–Trinajstić information content (AvgIpc) is 2.45. The molecule has 19 heavy (non-hydrogen) atoms. The van der Waals surface area contributed by atoms with Crippen molar-refractivity contribution >= 4 is 18.9 Å². The van der Waals surface area contributed by atoms with E-state index in [1.807, 2.05) is 30.3 Å². The van der Waals surface area contributed by atoms with Gasteiger partial charge in [0.15, 0.2) is 0 Å². The first-order chi connectivity index (χ1) is 9.20. The topological polar surface area (TPSA) is 61.8 Å². The van der Waals surface area contributed by atoms with E-state index in [0.717, 1.165) is 5.56 Å². The van der Waals surface area contributed by atoms with Crippen LogP contribution in [-0.2, 0) is 11.3 Å². The number of aliphatic hydroxyl groups excluding tert-OH is 1. The van der Waals surface area contributed by atoms with E-state index in [1.165, 1.54) is 4.90 Å². The van der Waals surface area contributed by atoms with Gasteiger partial charge < -0.3 is 14.7 Å². The molecule has 1 fully saturated rings. The van der Waals surface area contributed by atoms with E-state index < -0.39 is 6.10 Å². The van der Waals surface area contributed by atoms with E-state index in [9.17, 15) is 9.90 Å². The van der Waals surface area contributed by atoms with Crippen LogP contribution in [0.25, 0.3) is 0 Å². The van der Waals surface area contributed by atoms with Crippen molar-refractivity contribution in [2.45, 2.75) is 25.2 Å². The second-order valence-electron chi connectivity index (χ2n) is 4.58. The summed E-state index contributed by atoms with van der Waals surface area (Å²) in [6.45, 7) is 1.08. The highest BCUT2D eigenvalue weighted by atomic mass is 32.1. The van der Waals surface area contributed by atoms with Gasteiger partial charge in [0, 0.05) is 12.6 Å². The standard InChI is InChI=1S/C13H18N2O3S/c16-12-8-15(7-6-11(12)14-19)13(17)18-9-10-4-2-1-3-5-10/h1-5,11-12,14,16,19H,6-9H2/t11-,12+/m1/s1. The summed E-state index contributed by atoms with van der Waals surface area (Å²) in [7, 11) is 0. The first-order valence-corrected chi connectivity index (χ1v) is 6.68. The molecular weight excluding hydrogens is 264 g/mol. The highest BCUT2D eigenvalue weighted by Gasteiger charge is 2.30. The molecule has 1 aliphatic heterocycles. The van der Waals surface area contributed by atoms with Crippen molar-refractivity contribution in [2.75, 3.05) is 13.1 Å². The first kappa shape index (κ1) is 14.2. The van der Waals surface area contributed by atoms with Gasteiger partial charge in [-0.2, -0.15) is 0 Å². The van der Waals surface area contributed by atoms with Crippen molar-refractivity contribution < 1.29 is 14.6 Å². The smallest absolute Gasteiger partial charge is 0.410 e. The maximum absolute atomic E-state index is 11.9. The molecule has 0 bridgehead atoms. The lowest BCUT2D eigenvalue weighted by Crippen LogP contribution is -2.52. The lowest BCUT2D eigenvalue weighted by atomic mass is 10.0. The number of nitrogens with zero attached hydrogens (tertiary/aromatic N) is 1. The number of carbonyl (C=O) groups excluding carboxylic acids is 1. The van der Waals surface area contributed by atoms with E-state index in [4.69, 9.17) is 4.74 Å². The van der Waals surface area contributed by atoms with E-state index >= 15 is 0 Å². The molecule has 2 rings (SSSR count). The van der Waals surface area contributed by atoms with Gasteiger partial charge in [-0.1, -0.05) is 43.1 Å². The Kier molecular flexibility index (Phi) is 5.07. The molecule has 0 radical (unpaired) electrons. The SMILES string of the molecule is O=C(OCc1ccccc1)N1CC[C@@H](NS)[C@@H](O)C1. The van der Waals surface area contributed by atoms with Crippen LogP contribution < -0.4 is 4.72 Å². The number of carbonyl (C=O) groups is 1. The first-order valence-electron chi connectivity index (χ1n) is 6.24. The Morgan fingerprint density at radius 3 is 2.84 bits per heavy atom. The molecule has 104 valence electrons. The number of nitrogens with one attached hydrogen (secondary N) is 1. The molecule has 0 saturated carbocycles. The van der Waals surface area contributed by atoms with Gasteiger partial charge in [0.25, 0.3) is 0 Å². The number of likely N-dealkylation sites (tertiary alicyclic amines) is 1. The molecule has 1 heterocycles. The number of benzene rings is 1. The molecule has 0 aliphatic carbocycles. The number of ether oxygens (including phenoxy) is 1. The van der Waals surface area contributed by atoms with E-state index in [0.29, 0.717) is 13.0 Å². The van der Waals surface area contributed by atoms with Crippen molar-refractivity contribution in [3.05, 3.63) is 35.9 Å². The molecule has 2 N–H and O–H groups in total. The van der Waals surface area contributed by atoms with E-state index in [1.54, 1.807) is 0 Å². The Bertz CT molecular complexity index is 416. The van der Waals surface area contributed by atoms with Crippen LogP contribution in [-0.4, -0.2) is 41.3 Å². The van der Waals surface area contributed by atoms with Gasteiger partial charge in [-0.25, -0.2) is 4.79 Å². The maximum Gasteiger partial charge on any atom is 0.410 e. The fourth-order valence-corrected chi connectivity index (χ4v) is 2.36. The number of aliphatic hydroxyl groups is 1. The Labute approximate surface area is 118 Å². The van der Waals surface area contributed by atoms with Gasteiger partial charge in [-0.3, -0.25) is 4.72 Å². The normalized spacial score (nSPS) is 23.2. The summed E-state index contributed by atoms with van der Waals surface area (Å²) in [4.78, 5) is 13.4. The minimum Gasteiger partial charge on any atom is -0.445 e. The third-order valence-corrected chi connectivity index (χ3v) is 3.54. The lowest BCUT2D eigenvalue weighted by Gasteiger charge is -2.34. The van der Waals surface area contributed by atoms with Crippen molar-refractivity contribution in [3.63, 3.8) is 0 Å². The van der Waals surface area contributed by atoms with Gasteiger partial charge in [0.1, 0.15) is 6.61 Å². The number of rotatable bonds is 3. The van der Waals surface area contributed by atoms with Crippen molar-refractivity contribution in [1.82, 2.24) is 9.62 Å². The van der Waals surface area contributed by atoms with E-state index in [-0.39, 0.29) is 25.3 Å². The Morgan fingerprint density at radius 1 is 1.47 bits per heavy atom. The minimum atomic E-state index is -0.615. The van der Waals surface area contributed by atoms with Crippen LogP contribution in [0.1, 0.15) is 12.0 Å². The summed E-state index contributed by atoms with van der Waals surface area (Å²) in [5.74, 6) is 0. The van der Waals surface area contributed by atoms with Gasteiger partial charge >= 0.3 is 6.09 Å². The number of piperidine rings is 1. The van der Waals surface area contributed by atoms with E-state index in [2.05, 4.69) is 17.5 Å². The highest BCUT2D eigenvalue weighted by molar-refractivity contribution is 7.78. The van der Waals surface area contributed by atoms with Crippen molar-refractivity contribution in [1.29, 1.82) is 0 Å². The third-order valence-electron chi connectivity index (χ3n) is 3.21. The second-order valence-corrected chi connectivity index (χ2v) is 4.84. The van der Waals surface area contributed by atoms with Gasteiger partial charge in [-0.15, -0.1) is 0 Å². The highest BCUT2D eigenvalue weighted by Crippen LogP contribution is 2.13. The predicted molar refractivity (Wildman–Crippen MR) is 74.7 cm³/mol. The second kappa shape index (κ2) is 6.79. The summed E-state index contributed by atoms with van der Waals surface area (Å²) in [5, 5.41) is 9.81. The monoisotopic (exact) mass is 282 g/mol. The number of hydrogen-bond acceptors (Lipinski definition) is 5. The van der Waals surface area contributed by atoms with Crippen LogP contribution in [0.5, 0.6) is 0 Å². The zero-order chi connectivity index (χ0) is 13.7. The third kappa shape index (κ3) is 3.86. The van der Waals surface area contributed by atoms with Gasteiger partial charge in [-0.05, 0) is 12.0 Å². The largest absolute Gasteiger partial charge is 0.445 e. The van der Waals surface area contributed by atoms with Crippen LogP contribution in [0.4, 0.5) is 4.79 Å². The number of β-amino-alcohol motifs (C(OH)–C–C–N with tert-alkyl or cyclic N) is 1. The molecule has 2 atom stereocenters. The van der Waals surface area contributed by atoms with Crippen LogP contribution in [0.3, 0.4) is 0 Å². The number of amides is 1. The molecule has 1 aromatic carbocycles. The molecule has 1 aromatic rings. The number of thiol groups is 1. The zero-order valence-corrected chi connectivity index (χ0v) is 11.4. The summed E-state index contributed by atoms with van der Waals surface area (Å²) in [5.41, 5.74) is 0.948. The molecule has 0 aromatic heterocycles. The fraction of sp³-hybridized carbons (Fsp3) is 0.462. The summed E-state index contributed by atoms with van der Waals surface area (Å²) >= 11 is 3.95. The van der Waals surface area contributed by atoms with Crippen LogP contribution in [0.15, 0.2) is 30.3 Å². The molecule has 1 amide bonds. The molecular formula is C13H18N2O3S. The van der Waals surface area contributed by atoms with Crippen LogP contribution >= 0.6 is 12.8 Å². The van der Waals surface area contributed by atoms with Crippen molar-refractivity contribution in [2.24, 2.45) is 0 Å². The van der Waals surface area contributed by atoms with Gasteiger partial charge in [0.2, 0.25) is 0 Å². The minimum absolute atomic E-state index is 0.0819. The predicted octanol–water partition coefficient (Wildman–Crippen LogP) is 1.19. The zero-order valence-electron chi connectivity index (χ0n) is 10.5. The fourth-order valence-electron chi connectivity index (χ4n) is 2.06. The molecule has 6 heteroatoms. The molecule has 0 spiro atoms. The quantitative estimate of drug-likeness (QED) is 0.729.